The second-order valence-corrected chi connectivity index (χ2v) is 20.8. The van der Waals surface area contributed by atoms with Crippen molar-refractivity contribution >= 4 is 21.8 Å². The first-order valence-electron chi connectivity index (χ1n) is 20.2. The van der Waals surface area contributed by atoms with Crippen molar-refractivity contribution in [1.29, 1.82) is 0 Å². The van der Waals surface area contributed by atoms with E-state index in [-0.39, 0.29) is 48.1 Å². The van der Waals surface area contributed by atoms with Gasteiger partial charge in [0.1, 0.15) is 5.82 Å². The van der Waals surface area contributed by atoms with Gasteiger partial charge in [-0.1, -0.05) is 146 Å². The van der Waals surface area contributed by atoms with Gasteiger partial charge in [-0.3, -0.25) is 0 Å². The summed E-state index contributed by atoms with van der Waals surface area (Å²) in [6.07, 6.45) is 5.55. The van der Waals surface area contributed by atoms with Crippen LogP contribution in [-0.2, 0) is 48.1 Å². The van der Waals surface area contributed by atoms with Gasteiger partial charge in [0.05, 0.1) is 0 Å². The molecular weight excluding hydrogens is 894 g/mol. The van der Waals surface area contributed by atoms with E-state index in [1.54, 1.807) is 0 Å². The summed E-state index contributed by atoms with van der Waals surface area (Å²) in [7, 11) is 0. The van der Waals surface area contributed by atoms with E-state index in [2.05, 4.69) is 204 Å². The van der Waals surface area contributed by atoms with Crippen LogP contribution in [0.4, 0.5) is 0 Å². The molecule has 0 bridgehead atoms. The SMILES string of the molecule is CC(C)(C)c1cc(Oc2[c-]c3c(cc2)c2ccccc2n3-c2cc(C(C)(C)C)ccn2)[c-]c(-n2[c-][n+](-c3cc(C(C)(C)C)cc(C(C)(C)C)c3)c(C(C)(C)C)n2)c1.[Pt]. The molecule has 306 valence electrons. The molecule has 7 heteroatoms. The number of fused-ring (bicyclic) bond motifs is 3. The van der Waals surface area contributed by atoms with Crippen LogP contribution in [0.25, 0.3) is 39.0 Å². The van der Waals surface area contributed by atoms with Gasteiger partial charge in [0.15, 0.2) is 0 Å². The molecule has 3 aromatic heterocycles. The normalized spacial score (nSPS) is 12.9. The number of benzene rings is 4. The fourth-order valence-corrected chi connectivity index (χ4v) is 7.11. The molecule has 58 heavy (non-hydrogen) atoms. The number of hydrogen-bond acceptors (Lipinski definition) is 3. The molecular formula is C51H59N5OPt-2. The molecule has 0 radical (unpaired) electrons. The summed E-state index contributed by atoms with van der Waals surface area (Å²) in [6.45, 7) is 33.5. The van der Waals surface area contributed by atoms with Crippen LogP contribution in [-0.4, -0.2) is 19.3 Å². The van der Waals surface area contributed by atoms with E-state index in [0.29, 0.717) is 11.5 Å². The van der Waals surface area contributed by atoms with Crippen LogP contribution in [0.1, 0.15) is 132 Å². The van der Waals surface area contributed by atoms with Crippen LogP contribution in [0.2, 0.25) is 0 Å². The molecule has 7 rings (SSSR count). The molecule has 3 heterocycles. The molecule has 4 aromatic carbocycles. The maximum absolute atomic E-state index is 6.74. The van der Waals surface area contributed by atoms with Crippen LogP contribution in [0.5, 0.6) is 11.5 Å². The Labute approximate surface area is 360 Å². The fraction of sp³-hybridized carbons (Fsp3) is 0.392. The van der Waals surface area contributed by atoms with Gasteiger partial charge in [-0.15, -0.1) is 29.7 Å². The molecule has 6 nitrogen and oxygen atoms in total. The van der Waals surface area contributed by atoms with Gasteiger partial charge in [-0.2, -0.15) is 22.4 Å². The molecule has 0 amide bonds. The topological polar surface area (TPSA) is 48.8 Å². The fourth-order valence-electron chi connectivity index (χ4n) is 7.11. The average molecular weight is 953 g/mol. The number of pyridine rings is 1. The Balaban J connectivity index is 0.00000567. The van der Waals surface area contributed by atoms with Crippen molar-refractivity contribution in [1.82, 2.24) is 19.3 Å². The summed E-state index contributed by atoms with van der Waals surface area (Å²) >= 11 is 0. The van der Waals surface area contributed by atoms with Crippen molar-refractivity contribution in [2.75, 3.05) is 0 Å². The van der Waals surface area contributed by atoms with Gasteiger partial charge in [0.25, 0.3) is 0 Å². The predicted octanol–water partition coefficient (Wildman–Crippen LogP) is 12.3. The minimum Gasteiger partial charge on any atom is -0.510 e. The standard InChI is InChI=1S/C51H59N5O.Pt/c1-47(2,3)33-22-23-52-45(29-33)56-43-19-17-16-18-41(43)42-21-20-39(31-44(42)56)57-40-28-36(50(10,11)12)27-38(30-40)55-32-54(46(53-55)51(13,14)15)37-25-34(48(4,5)6)24-35(26-37)49(7,8)9;/h16-29H,1-15H3;/q-2;. The first-order valence-corrected chi connectivity index (χ1v) is 20.2. The molecule has 0 saturated carbocycles. The molecule has 0 unspecified atom stereocenters. The third-order valence-electron chi connectivity index (χ3n) is 10.7. The smallest absolute Gasteiger partial charge is 0.210 e. The summed E-state index contributed by atoms with van der Waals surface area (Å²) in [5.74, 6) is 2.93. The van der Waals surface area contributed by atoms with E-state index in [4.69, 9.17) is 14.8 Å². The first kappa shape index (κ1) is 43.0. The number of ether oxygens (including phenoxy) is 1. The van der Waals surface area contributed by atoms with E-state index in [9.17, 15) is 0 Å². The Bertz CT molecular complexity index is 2600. The maximum atomic E-state index is 6.74. The molecule has 0 atom stereocenters. The summed E-state index contributed by atoms with van der Waals surface area (Å²) < 4.78 is 12.9. The third kappa shape index (κ3) is 8.60. The predicted molar refractivity (Wildman–Crippen MR) is 234 cm³/mol. The van der Waals surface area contributed by atoms with Crippen molar-refractivity contribution in [3.8, 4) is 28.7 Å². The van der Waals surface area contributed by atoms with E-state index in [1.807, 2.05) is 16.9 Å². The van der Waals surface area contributed by atoms with Crippen molar-refractivity contribution in [2.24, 2.45) is 0 Å². The minimum atomic E-state index is -0.271. The monoisotopic (exact) mass is 952 g/mol. The Hall–Kier alpha value is -4.54. The molecule has 0 spiro atoms. The zero-order valence-electron chi connectivity index (χ0n) is 37.0. The largest absolute Gasteiger partial charge is 0.510 e. The van der Waals surface area contributed by atoms with Crippen molar-refractivity contribution in [2.45, 2.75) is 131 Å². The van der Waals surface area contributed by atoms with Crippen molar-refractivity contribution < 1.29 is 30.4 Å². The molecule has 0 N–H and O–H groups in total. The van der Waals surface area contributed by atoms with Crippen LogP contribution in [0.3, 0.4) is 0 Å². The van der Waals surface area contributed by atoms with Crippen molar-refractivity contribution in [3.63, 3.8) is 0 Å². The molecule has 0 fully saturated rings. The molecule has 0 aliphatic carbocycles. The quantitative estimate of drug-likeness (QED) is 0.128. The summed E-state index contributed by atoms with van der Waals surface area (Å²) in [5, 5.41) is 7.46. The zero-order chi connectivity index (χ0) is 41.5. The number of hydrogen-bond donors (Lipinski definition) is 0. The Morgan fingerprint density at radius 3 is 1.78 bits per heavy atom. The van der Waals surface area contributed by atoms with E-state index < -0.39 is 0 Å². The van der Waals surface area contributed by atoms with Gasteiger partial charge in [0.2, 0.25) is 12.2 Å². The maximum Gasteiger partial charge on any atom is 0.210 e. The van der Waals surface area contributed by atoms with Crippen LogP contribution < -0.4 is 9.30 Å². The second kappa shape index (κ2) is 14.9. The second-order valence-electron chi connectivity index (χ2n) is 20.8. The van der Waals surface area contributed by atoms with E-state index >= 15 is 0 Å². The van der Waals surface area contributed by atoms with Crippen molar-refractivity contribution in [3.05, 3.63) is 132 Å². The Morgan fingerprint density at radius 2 is 1.17 bits per heavy atom. The van der Waals surface area contributed by atoms with Gasteiger partial charge < -0.3 is 13.9 Å². The van der Waals surface area contributed by atoms with Crippen LogP contribution in [0, 0.1) is 18.5 Å². The molecule has 0 aliphatic heterocycles. The van der Waals surface area contributed by atoms with Gasteiger partial charge >= 0.3 is 0 Å². The van der Waals surface area contributed by atoms with Crippen LogP contribution in [0.15, 0.2) is 85.1 Å². The third-order valence-corrected chi connectivity index (χ3v) is 10.7. The minimum absolute atomic E-state index is 0. The number of nitrogens with zero attached hydrogens (tertiary/aromatic N) is 5. The summed E-state index contributed by atoms with van der Waals surface area (Å²) in [4.78, 5) is 4.86. The number of para-hydroxylation sites is 1. The number of aromatic nitrogens is 5. The summed E-state index contributed by atoms with van der Waals surface area (Å²) in [5.41, 5.74) is 8.12. The van der Waals surface area contributed by atoms with Gasteiger partial charge in [-0.05, 0) is 72.7 Å². The van der Waals surface area contributed by atoms with E-state index in [1.165, 1.54) is 16.7 Å². The molecule has 7 aromatic rings. The van der Waals surface area contributed by atoms with Crippen LogP contribution >= 0.6 is 0 Å². The van der Waals surface area contributed by atoms with Gasteiger partial charge in [0, 0.05) is 55.4 Å². The Morgan fingerprint density at radius 1 is 0.569 bits per heavy atom. The average Bonchev–Trinajstić information content (AvgIpc) is 3.71. The van der Waals surface area contributed by atoms with Gasteiger partial charge in [-0.25, -0.2) is 4.98 Å². The summed E-state index contributed by atoms with van der Waals surface area (Å²) in [6, 6.07) is 35.2. The molecule has 0 saturated heterocycles. The Kier molecular flexibility index (Phi) is 11.1. The zero-order valence-corrected chi connectivity index (χ0v) is 39.3. The number of rotatable bonds is 5. The first-order chi connectivity index (χ1) is 26.4. The van der Waals surface area contributed by atoms with E-state index in [0.717, 1.165) is 50.4 Å². The molecule has 0 aliphatic rings.